The molecule has 0 aromatic heterocycles. The highest BCUT2D eigenvalue weighted by Gasteiger charge is 2.13. The van der Waals surface area contributed by atoms with Crippen molar-refractivity contribution in [2.75, 3.05) is 39.5 Å². The number of hydrazone groups is 1. The van der Waals surface area contributed by atoms with E-state index in [1.807, 2.05) is 18.7 Å². The van der Waals surface area contributed by atoms with E-state index in [0.29, 0.717) is 25.5 Å². The molecule has 8 nitrogen and oxygen atoms in total. The predicted molar refractivity (Wildman–Crippen MR) is 98.2 cm³/mol. The van der Waals surface area contributed by atoms with Gasteiger partial charge in [0.1, 0.15) is 5.75 Å². The van der Waals surface area contributed by atoms with E-state index in [-0.39, 0.29) is 24.5 Å². The molecule has 2 N–H and O–H groups in total. The molecule has 0 saturated carbocycles. The van der Waals surface area contributed by atoms with Crippen molar-refractivity contribution in [1.82, 2.24) is 15.6 Å². The topological polar surface area (TPSA) is 92.3 Å². The molecule has 1 saturated heterocycles. The molecular formula is C18H26N4O4. The molecule has 1 heterocycles. The van der Waals surface area contributed by atoms with E-state index in [1.165, 1.54) is 0 Å². The Morgan fingerprint density at radius 2 is 1.92 bits per heavy atom. The third-order valence-corrected chi connectivity index (χ3v) is 3.57. The average molecular weight is 362 g/mol. The number of nitrogens with zero attached hydrogens (tertiary/aromatic N) is 2. The molecule has 1 aromatic rings. The number of amides is 2. The van der Waals surface area contributed by atoms with Gasteiger partial charge < -0.3 is 14.8 Å². The first-order chi connectivity index (χ1) is 12.5. The second-order valence-corrected chi connectivity index (χ2v) is 6.26. The molecule has 0 aliphatic carbocycles. The average Bonchev–Trinajstić information content (AvgIpc) is 2.61. The summed E-state index contributed by atoms with van der Waals surface area (Å²) in [4.78, 5) is 25.4. The smallest absolute Gasteiger partial charge is 0.258 e. The van der Waals surface area contributed by atoms with E-state index in [2.05, 4.69) is 15.8 Å². The number of morpholine rings is 1. The molecule has 2 rings (SSSR count). The molecule has 0 radical (unpaired) electrons. The van der Waals surface area contributed by atoms with Crippen LogP contribution in [0.25, 0.3) is 0 Å². The van der Waals surface area contributed by atoms with Crippen LogP contribution in [-0.4, -0.2) is 68.4 Å². The summed E-state index contributed by atoms with van der Waals surface area (Å²) in [7, 11) is 0. The summed E-state index contributed by atoms with van der Waals surface area (Å²) >= 11 is 0. The van der Waals surface area contributed by atoms with Crippen molar-refractivity contribution in [2.24, 2.45) is 5.10 Å². The molecule has 0 bridgehead atoms. The monoisotopic (exact) mass is 362 g/mol. The first kappa shape index (κ1) is 19.9. The van der Waals surface area contributed by atoms with Gasteiger partial charge in [0.2, 0.25) is 0 Å². The third-order valence-electron chi connectivity index (χ3n) is 3.57. The quantitative estimate of drug-likeness (QED) is 0.515. The lowest BCUT2D eigenvalue weighted by Crippen LogP contribution is -2.42. The molecule has 0 unspecified atom stereocenters. The number of nitrogens with one attached hydrogen (secondary N) is 2. The van der Waals surface area contributed by atoms with Crippen LogP contribution in [0.3, 0.4) is 0 Å². The van der Waals surface area contributed by atoms with Crippen LogP contribution in [0.4, 0.5) is 0 Å². The Labute approximate surface area is 153 Å². The Morgan fingerprint density at radius 1 is 1.23 bits per heavy atom. The number of hydrogen-bond donors (Lipinski definition) is 2. The largest absolute Gasteiger partial charge is 0.484 e. The van der Waals surface area contributed by atoms with Gasteiger partial charge in [0.15, 0.2) is 6.61 Å². The van der Waals surface area contributed by atoms with Crippen molar-refractivity contribution >= 4 is 18.0 Å². The highest BCUT2D eigenvalue weighted by Crippen LogP contribution is 2.10. The fourth-order valence-corrected chi connectivity index (χ4v) is 2.34. The van der Waals surface area contributed by atoms with Gasteiger partial charge in [-0.05, 0) is 43.7 Å². The highest BCUT2D eigenvalue weighted by molar-refractivity contribution is 5.83. The van der Waals surface area contributed by atoms with Crippen LogP contribution in [0.5, 0.6) is 5.75 Å². The van der Waals surface area contributed by atoms with Crippen LogP contribution in [0, 0.1) is 0 Å². The maximum absolute atomic E-state index is 11.8. The van der Waals surface area contributed by atoms with Gasteiger partial charge in [-0.25, -0.2) is 5.43 Å². The zero-order chi connectivity index (χ0) is 18.8. The summed E-state index contributed by atoms with van der Waals surface area (Å²) in [6, 6.07) is 7.18. The molecular weight excluding hydrogens is 336 g/mol. The number of rotatable bonds is 8. The molecule has 0 spiro atoms. The Bertz CT molecular complexity index is 610. The van der Waals surface area contributed by atoms with Gasteiger partial charge in [0.05, 0.1) is 26.0 Å². The minimum Gasteiger partial charge on any atom is -0.484 e. The lowest BCUT2D eigenvalue weighted by atomic mass is 10.2. The van der Waals surface area contributed by atoms with E-state index in [4.69, 9.17) is 9.47 Å². The van der Waals surface area contributed by atoms with Gasteiger partial charge in [-0.3, -0.25) is 14.5 Å². The maximum atomic E-state index is 11.8. The second-order valence-electron chi connectivity index (χ2n) is 6.26. The van der Waals surface area contributed by atoms with Crippen molar-refractivity contribution in [1.29, 1.82) is 0 Å². The zero-order valence-corrected chi connectivity index (χ0v) is 15.2. The van der Waals surface area contributed by atoms with Crippen LogP contribution in [0.2, 0.25) is 0 Å². The summed E-state index contributed by atoms with van der Waals surface area (Å²) < 4.78 is 10.7. The van der Waals surface area contributed by atoms with Crippen LogP contribution in [-0.2, 0) is 14.3 Å². The lowest BCUT2D eigenvalue weighted by Gasteiger charge is -2.25. The van der Waals surface area contributed by atoms with Gasteiger partial charge in [-0.15, -0.1) is 0 Å². The molecule has 2 amide bonds. The fourth-order valence-electron chi connectivity index (χ4n) is 2.34. The van der Waals surface area contributed by atoms with Crippen molar-refractivity contribution < 1.29 is 19.1 Å². The summed E-state index contributed by atoms with van der Waals surface area (Å²) in [6.45, 7) is 6.91. The molecule has 1 fully saturated rings. The van der Waals surface area contributed by atoms with Crippen molar-refractivity contribution in [3.63, 3.8) is 0 Å². The van der Waals surface area contributed by atoms with E-state index >= 15 is 0 Å². The Balaban J connectivity index is 1.71. The van der Waals surface area contributed by atoms with Crippen molar-refractivity contribution in [3.05, 3.63) is 29.8 Å². The third kappa shape index (κ3) is 7.62. The van der Waals surface area contributed by atoms with Crippen LogP contribution in [0.15, 0.2) is 29.4 Å². The maximum Gasteiger partial charge on any atom is 0.258 e. The number of hydrogen-bond acceptors (Lipinski definition) is 6. The van der Waals surface area contributed by atoms with Crippen LogP contribution < -0.4 is 15.5 Å². The first-order valence-electron chi connectivity index (χ1n) is 8.67. The van der Waals surface area contributed by atoms with Crippen LogP contribution in [0.1, 0.15) is 19.4 Å². The predicted octanol–water partition coefficient (Wildman–Crippen LogP) is 0.372. The van der Waals surface area contributed by atoms with Gasteiger partial charge in [0.25, 0.3) is 11.8 Å². The fraction of sp³-hybridized carbons (Fsp3) is 0.500. The summed E-state index contributed by atoms with van der Waals surface area (Å²) in [5.74, 6) is 0.283. The summed E-state index contributed by atoms with van der Waals surface area (Å²) in [5.41, 5.74) is 3.33. The van der Waals surface area contributed by atoms with E-state index in [9.17, 15) is 9.59 Å². The molecule has 1 aromatic carbocycles. The molecule has 26 heavy (non-hydrogen) atoms. The Morgan fingerprint density at radius 3 is 2.58 bits per heavy atom. The molecule has 1 aliphatic heterocycles. The van der Waals surface area contributed by atoms with Crippen LogP contribution >= 0.6 is 0 Å². The summed E-state index contributed by atoms with van der Waals surface area (Å²) in [5, 5.41) is 6.71. The van der Waals surface area contributed by atoms with E-state index in [1.54, 1.807) is 30.5 Å². The second kappa shape index (κ2) is 10.5. The Kier molecular flexibility index (Phi) is 8.04. The van der Waals surface area contributed by atoms with Crippen molar-refractivity contribution in [2.45, 2.75) is 19.9 Å². The standard InChI is InChI=1S/C18H26N4O4/c1-14(2)20-18(24)13-26-16-5-3-15(4-6-16)11-19-21-17(23)12-22-7-9-25-10-8-22/h3-6,11,14H,7-10,12-13H2,1-2H3,(H,20,24)(H,21,23)/b19-11-. The number of ether oxygens (including phenoxy) is 2. The minimum atomic E-state index is -0.159. The molecule has 142 valence electrons. The van der Waals surface area contributed by atoms with Crippen molar-refractivity contribution in [3.8, 4) is 5.75 Å². The molecule has 8 heteroatoms. The Hall–Kier alpha value is -2.45. The number of carbonyl (C=O) groups excluding carboxylic acids is 2. The molecule has 1 aliphatic rings. The van der Waals surface area contributed by atoms with Gasteiger partial charge in [0, 0.05) is 19.1 Å². The first-order valence-corrected chi connectivity index (χ1v) is 8.67. The zero-order valence-electron chi connectivity index (χ0n) is 15.2. The number of benzene rings is 1. The molecule has 0 atom stereocenters. The van der Waals surface area contributed by atoms with E-state index in [0.717, 1.165) is 18.7 Å². The number of carbonyl (C=O) groups is 2. The van der Waals surface area contributed by atoms with Gasteiger partial charge in [-0.1, -0.05) is 0 Å². The SMILES string of the molecule is CC(C)NC(=O)COc1ccc(/C=N\NC(=O)CN2CCOCC2)cc1. The van der Waals surface area contributed by atoms with Gasteiger partial charge >= 0.3 is 0 Å². The minimum absolute atomic E-state index is 0.0246. The van der Waals surface area contributed by atoms with Gasteiger partial charge in [-0.2, -0.15) is 5.10 Å². The highest BCUT2D eigenvalue weighted by atomic mass is 16.5. The normalized spacial score (nSPS) is 15.2. The van der Waals surface area contributed by atoms with E-state index < -0.39 is 0 Å². The summed E-state index contributed by atoms with van der Waals surface area (Å²) in [6.07, 6.45) is 1.56. The lowest BCUT2D eigenvalue weighted by molar-refractivity contribution is -0.124.